The minimum Gasteiger partial charge on any atom is -0.214 e. The van der Waals surface area contributed by atoms with Crippen LogP contribution in [0.2, 0.25) is 0 Å². The van der Waals surface area contributed by atoms with Crippen molar-refractivity contribution in [1.29, 1.82) is 0 Å². The Balaban J connectivity index is 2.41. The number of hydrogen-bond acceptors (Lipinski definition) is 1. The third-order valence-corrected chi connectivity index (χ3v) is 1.96. The maximum absolute atomic E-state index is 11.4. The molecule has 1 aliphatic rings. The lowest BCUT2D eigenvalue weighted by Crippen LogP contribution is -2.08. The third kappa shape index (κ3) is 1.43. The van der Waals surface area contributed by atoms with Crippen LogP contribution in [-0.4, -0.2) is 16.7 Å². The van der Waals surface area contributed by atoms with Crippen molar-refractivity contribution in [1.82, 2.24) is 0 Å². The first-order valence-corrected chi connectivity index (χ1v) is 4.19. The summed E-state index contributed by atoms with van der Waals surface area (Å²) in [6, 6.07) is 9.61. The number of rotatable bonds is 1. The number of carbonyl (C=O) groups is 1. The van der Waals surface area contributed by atoms with Gasteiger partial charge in [0.15, 0.2) is 6.21 Å². The Morgan fingerprint density at radius 3 is 2.38 bits per heavy atom. The normalized spacial score (nSPS) is 15.6. The summed E-state index contributed by atoms with van der Waals surface area (Å²) in [5.74, 6) is 0.0312. The minimum absolute atomic E-state index is 0.0312. The van der Waals surface area contributed by atoms with Crippen molar-refractivity contribution in [3.8, 4) is 0 Å². The van der Waals surface area contributed by atoms with Crippen molar-refractivity contribution >= 4 is 17.8 Å². The number of allylic oxidation sites excluding steroid dienone is 1. The van der Waals surface area contributed by atoms with E-state index in [1.165, 1.54) is 0 Å². The fourth-order valence-corrected chi connectivity index (χ4v) is 1.36. The van der Waals surface area contributed by atoms with Crippen LogP contribution in [0.3, 0.4) is 0 Å². The van der Waals surface area contributed by atoms with Crippen molar-refractivity contribution in [3.05, 3.63) is 42.0 Å². The van der Waals surface area contributed by atoms with Crippen LogP contribution in [0.25, 0.3) is 0 Å². The summed E-state index contributed by atoms with van der Waals surface area (Å²) >= 11 is 0. The second-order valence-corrected chi connectivity index (χ2v) is 3.06. The lowest BCUT2D eigenvalue weighted by molar-refractivity contribution is -0.353. The van der Waals surface area contributed by atoms with Gasteiger partial charge in [-0.15, -0.1) is 4.58 Å². The van der Waals surface area contributed by atoms with Crippen LogP contribution in [0.15, 0.2) is 42.0 Å². The molecule has 1 heterocycles. The maximum Gasteiger partial charge on any atom is 0.418 e. The molecule has 1 aromatic rings. The highest BCUT2D eigenvalue weighted by Crippen LogP contribution is 2.14. The van der Waals surface area contributed by atoms with Gasteiger partial charge < -0.3 is 0 Å². The van der Waals surface area contributed by atoms with E-state index >= 15 is 0 Å². The van der Waals surface area contributed by atoms with Crippen molar-refractivity contribution in [2.45, 2.75) is 6.92 Å². The molecule has 2 nitrogen and oxygen atoms in total. The van der Waals surface area contributed by atoms with E-state index in [1.807, 2.05) is 43.5 Å². The molecule has 0 spiro atoms. The van der Waals surface area contributed by atoms with Gasteiger partial charge in [-0.25, -0.2) is 4.79 Å². The quantitative estimate of drug-likeness (QED) is 0.592. The number of para-hydroxylation sites is 1. The molecule has 0 aromatic heterocycles. The fraction of sp³-hybridized carbons (Fsp3) is 0.0909. The van der Waals surface area contributed by atoms with Crippen molar-refractivity contribution in [2.75, 3.05) is 0 Å². The summed E-state index contributed by atoms with van der Waals surface area (Å²) in [6.07, 6.45) is 3.48. The zero-order chi connectivity index (χ0) is 9.26. The summed E-state index contributed by atoms with van der Waals surface area (Å²) < 4.78 is 1.65. The van der Waals surface area contributed by atoms with Crippen molar-refractivity contribution < 1.29 is 9.37 Å². The van der Waals surface area contributed by atoms with Gasteiger partial charge in [-0.3, -0.25) is 0 Å². The molecule has 0 bridgehead atoms. The standard InChI is InChI=1S/C11H10NO/c1-9-7-11(13)12(8-9)10-5-3-2-4-6-10/h2-8H,1H3/q+1. The Hall–Kier alpha value is -1.70. The average molecular weight is 172 g/mol. The first-order chi connectivity index (χ1) is 6.27. The SMILES string of the molecule is CC1=CC(=O)[N+](c2ccccc2)=C1. The van der Waals surface area contributed by atoms with Crippen LogP contribution in [0, 0.1) is 0 Å². The molecule has 1 aromatic carbocycles. The van der Waals surface area contributed by atoms with Gasteiger partial charge in [0.25, 0.3) is 0 Å². The van der Waals surface area contributed by atoms with E-state index in [-0.39, 0.29) is 5.91 Å². The second-order valence-electron chi connectivity index (χ2n) is 3.06. The summed E-state index contributed by atoms with van der Waals surface area (Å²) in [7, 11) is 0. The van der Waals surface area contributed by atoms with Crippen LogP contribution in [0.1, 0.15) is 6.92 Å². The molecular weight excluding hydrogens is 162 g/mol. The Kier molecular flexibility index (Phi) is 1.81. The van der Waals surface area contributed by atoms with Gasteiger partial charge in [0.05, 0.1) is 6.08 Å². The number of hydrogen-bond donors (Lipinski definition) is 0. The lowest BCUT2D eigenvalue weighted by atomic mass is 10.3. The molecule has 0 atom stereocenters. The summed E-state index contributed by atoms with van der Waals surface area (Å²) in [4.78, 5) is 11.4. The van der Waals surface area contributed by atoms with Gasteiger partial charge in [0.1, 0.15) is 0 Å². The van der Waals surface area contributed by atoms with Crippen molar-refractivity contribution in [3.63, 3.8) is 0 Å². The van der Waals surface area contributed by atoms with E-state index in [4.69, 9.17) is 0 Å². The first-order valence-electron chi connectivity index (χ1n) is 4.19. The van der Waals surface area contributed by atoms with Gasteiger partial charge in [-0.2, -0.15) is 0 Å². The largest absolute Gasteiger partial charge is 0.418 e. The molecule has 0 N–H and O–H groups in total. The topological polar surface area (TPSA) is 20.1 Å². The van der Waals surface area contributed by atoms with Gasteiger partial charge >= 0.3 is 5.91 Å². The molecule has 0 unspecified atom stereocenters. The average Bonchev–Trinajstić information content (AvgIpc) is 2.47. The van der Waals surface area contributed by atoms with Crippen LogP contribution in [-0.2, 0) is 4.79 Å². The Morgan fingerprint density at radius 2 is 1.85 bits per heavy atom. The number of nitrogens with zero attached hydrogens (tertiary/aromatic N) is 1. The van der Waals surface area contributed by atoms with E-state index in [1.54, 1.807) is 10.7 Å². The van der Waals surface area contributed by atoms with E-state index in [0.29, 0.717) is 0 Å². The highest BCUT2D eigenvalue weighted by atomic mass is 16.2. The van der Waals surface area contributed by atoms with E-state index in [9.17, 15) is 4.79 Å². The molecule has 0 fully saturated rings. The van der Waals surface area contributed by atoms with E-state index in [2.05, 4.69) is 0 Å². The smallest absolute Gasteiger partial charge is 0.214 e. The van der Waals surface area contributed by atoms with Crippen LogP contribution < -0.4 is 0 Å². The number of amides is 1. The molecule has 13 heavy (non-hydrogen) atoms. The molecule has 0 aliphatic carbocycles. The summed E-state index contributed by atoms with van der Waals surface area (Å²) in [6.45, 7) is 1.92. The van der Waals surface area contributed by atoms with Crippen LogP contribution in [0.5, 0.6) is 0 Å². The zero-order valence-corrected chi connectivity index (χ0v) is 7.40. The van der Waals surface area contributed by atoms with Crippen molar-refractivity contribution in [2.24, 2.45) is 0 Å². The summed E-state index contributed by atoms with van der Waals surface area (Å²) in [5.41, 5.74) is 1.91. The number of carbonyl (C=O) groups excluding carboxylic acids is 1. The molecule has 2 heteroatoms. The predicted octanol–water partition coefficient (Wildman–Crippen LogP) is 1.89. The zero-order valence-electron chi connectivity index (χ0n) is 7.40. The highest BCUT2D eigenvalue weighted by molar-refractivity contribution is 5.98. The summed E-state index contributed by atoms with van der Waals surface area (Å²) in [5, 5.41) is 0. The molecule has 1 amide bonds. The van der Waals surface area contributed by atoms with E-state index in [0.717, 1.165) is 11.3 Å². The Morgan fingerprint density at radius 1 is 1.15 bits per heavy atom. The third-order valence-electron chi connectivity index (χ3n) is 1.96. The lowest BCUT2D eigenvalue weighted by Gasteiger charge is -1.91. The Labute approximate surface area is 76.8 Å². The molecule has 0 radical (unpaired) electrons. The fourth-order valence-electron chi connectivity index (χ4n) is 1.36. The predicted molar refractivity (Wildman–Crippen MR) is 51.2 cm³/mol. The molecular formula is C11H10NO+. The Bertz CT molecular complexity index is 401. The van der Waals surface area contributed by atoms with E-state index < -0.39 is 0 Å². The molecule has 2 rings (SSSR count). The molecule has 64 valence electrons. The first kappa shape index (κ1) is 7.92. The van der Waals surface area contributed by atoms with Crippen LogP contribution >= 0.6 is 0 Å². The monoisotopic (exact) mass is 172 g/mol. The van der Waals surface area contributed by atoms with Gasteiger partial charge in [0, 0.05) is 17.7 Å². The molecule has 0 saturated heterocycles. The van der Waals surface area contributed by atoms with Gasteiger partial charge in [0.2, 0.25) is 5.69 Å². The van der Waals surface area contributed by atoms with Gasteiger partial charge in [-0.05, 0) is 6.92 Å². The second kappa shape index (κ2) is 2.98. The number of benzene rings is 1. The van der Waals surface area contributed by atoms with Crippen LogP contribution in [0.4, 0.5) is 5.69 Å². The minimum atomic E-state index is 0.0312. The maximum atomic E-state index is 11.4. The highest BCUT2D eigenvalue weighted by Gasteiger charge is 2.23. The molecule has 1 aliphatic heterocycles. The molecule has 0 saturated carbocycles. The van der Waals surface area contributed by atoms with Gasteiger partial charge in [-0.1, -0.05) is 18.2 Å².